The summed E-state index contributed by atoms with van der Waals surface area (Å²) in [6, 6.07) is 13.0. The zero-order valence-corrected chi connectivity index (χ0v) is 20.6. The molecule has 0 saturated carbocycles. The average Bonchev–Trinajstić information content (AvgIpc) is 2.90. The fourth-order valence-corrected chi connectivity index (χ4v) is 5.16. The largest absolute Gasteiger partial charge is 0.493 e. The second-order valence-corrected chi connectivity index (χ2v) is 9.23. The Balaban J connectivity index is 1.27. The third kappa shape index (κ3) is 6.42. The highest BCUT2D eigenvalue weighted by Crippen LogP contribution is 2.30. The molecule has 2 heterocycles. The minimum Gasteiger partial charge on any atom is -0.493 e. The highest BCUT2D eigenvalue weighted by atomic mass is 16.5. The lowest BCUT2D eigenvalue weighted by Crippen LogP contribution is -2.51. The van der Waals surface area contributed by atoms with Crippen molar-refractivity contribution < 1.29 is 19.1 Å². The Morgan fingerprint density at radius 2 is 1.74 bits per heavy atom. The Morgan fingerprint density at radius 1 is 0.971 bits per heavy atom. The summed E-state index contributed by atoms with van der Waals surface area (Å²) in [7, 11) is 3.15. The summed E-state index contributed by atoms with van der Waals surface area (Å²) < 4.78 is 10.5. The van der Waals surface area contributed by atoms with Gasteiger partial charge in [0.15, 0.2) is 11.5 Å². The van der Waals surface area contributed by atoms with Crippen LogP contribution in [0.3, 0.4) is 0 Å². The van der Waals surface area contributed by atoms with Crippen molar-refractivity contribution in [1.29, 1.82) is 0 Å². The molecule has 0 unspecified atom stereocenters. The van der Waals surface area contributed by atoms with Crippen molar-refractivity contribution in [3.63, 3.8) is 0 Å². The number of ether oxygens (including phenoxy) is 2. The van der Waals surface area contributed by atoms with Gasteiger partial charge in [0.25, 0.3) is 5.91 Å². The molecular formula is C28H35N3O4. The summed E-state index contributed by atoms with van der Waals surface area (Å²) in [4.78, 5) is 27.6. The van der Waals surface area contributed by atoms with Crippen LogP contribution in [0.1, 0.15) is 48.0 Å². The molecule has 2 atom stereocenters. The van der Waals surface area contributed by atoms with Gasteiger partial charge in [-0.25, -0.2) is 0 Å². The normalized spacial score (nSPS) is 20.2. The molecule has 2 N–H and O–H groups in total. The molecule has 7 nitrogen and oxygen atoms in total. The summed E-state index contributed by atoms with van der Waals surface area (Å²) in [5, 5.41) is 5.96. The number of amides is 2. The van der Waals surface area contributed by atoms with E-state index >= 15 is 0 Å². The lowest BCUT2D eigenvalue weighted by atomic mass is 9.83. The summed E-state index contributed by atoms with van der Waals surface area (Å²) in [6.07, 6.45) is 9.40. The molecule has 4 rings (SSSR count). The second kappa shape index (κ2) is 11.9. The number of nitrogens with zero attached hydrogens (tertiary/aromatic N) is 1. The Hall–Kier alpha value is -3.32. The molecule has 2 aromatic rings. The summed E-state index contributed by atoms with van der Waals surface area (Å²) in [5.74, 6) is 1.44. The van der Waals surface area contributed by atoms with Crippen molar-refractivity contribution in [3.8, 4) is 11.5 Å². The topological polar surface area (TPSA) is 79.9 Å². The number of fused-ring (bicyclic) bond motifs is 1. The van der Waals surface area contributed by atoms with Gasteiger partial charge in [0.2, 0.25) is 5.91 Å². The number of carbonyl (C=O) groups excluding carboxylic acids is 2. The summed E-state index contributed by atoms with van der Waals surface area (Å²) in [5.41, 5.74) is 2.05. The van der Waals surface area contributed by atoms with Gasteiger partial charge in [-0.3, -0.25) is 9.59 Å². The van der Waals surface area contributed by atoms with Gasteiger partial charge in [0.1, 0.15) is 0 Å². The summed E-state index contributed by atoms with van der Waals surface area (Å²) in [6.45, 7) is 3.12. The van der Waals surface area contributed by atoms with E-state index in [1.807, 2.05) is 6.07 Å². The van der Waals surface area contributed by atoms with Gasteiger partial charge in [-0.15, -0.1) is 0 Å². The van der Waals surface area contributed by atoms with Crippen LogP contribution < -0.4 is 20.1 Å². The molecule has 0 spiro atoms. The van der Waals surface area contributed by atoms with Gasteiger partial charge in [-0.1, -0.05) is 12.5 Å². The predicted molar refractivity (Wildman–Crippen MR) is 138 cm³/mol. The number of hydrogen-bond acceptors (Lipinski definition) is 5. The number of anilines is 1. The van der Waals surface area contributed by atoms with E-state index in [2.05, 4.69) is 15.5 Å². The van der Waals surface area contributed by atoms with Crippen LogP contribution in [0, 0.1) is 5.92 Å². The molecule has 0 bridgehead atoms. The van der Waals surface area contributed by atoms with Crippen LogP contribution in [-0.4, -0.2) is 56.6 Å². The van der Waals surface area contributed by atoms with Gasteiger partial charge in [-0.2, -0.15) is 0 Å². The molecule has 2 aliphatic heterocycles. The zero-order chi connectivity index (χ0) is 24.6. The van der Waals surface area contributed by atoms with Crippen molar-refractivity contribution in [2.45, 2.75) is 38.1 Å². The quantitative estimate of drug-likeness (QED) is 0.553. The Labute approximate surface area is 207 Å². The van der Waals surface area contributed by atoms with Gasteiger partial charge < -0.3 is 25.0 Å². The van der Waals surface area contributed by atoms with E-state index in [4.69, 9.17) is 9.47 Å². The Morgan fingerprint density at radius 3 is 2.51 bits per heavy atom. The molecule has 2 aromatic carbocycles. The predicted octanol–water partition coefficient (Wildman–Crippen LogP) is 4.35. The van der Waals surface area contributed by atoms with Crippen LogP contribution in [0.15, 0.2) is 48.5 Å². The SMILES string of the molecule is COc1ccc(C=CC(=O)Nc2ccc(C(=O)NC[C@H]3CCCN4CCCC[C@H]34)cc2)cc1OC. The Kier molecular flexibility index (Phi) is 8.42. The lowest BCUT2D eigenvalue weighted by Gasteiger charge is -2.44. The molecule has 35 heavy (non-hydrogen) atoms. The zero-order valence-electron chi connectivity index (χ0n) is 20.6. The molecule has 2 amide bonds. The van der Waals surface area contributed by atoms with E-state index in [-0.39, 0.29) is 11.8 Å². The van der Waals surface area contributed by atoms with E-state index in [1.54, 1.807) is 56.7 Å². The molecule has 186 valence electrons. The minimum absolute atomic E-state index is 0.0656. The van der Waals surface area contributed by atoms with Crippen molar-refractivity contribution >= 4 is 23.6 Å². The van der Waals surface area contributed by atoms with Gasteiger partial charge in [0.05, 0.1) is 14.2 Å². The molecule has 0 aliphatic carbocycles. The smallest absolute Gasteiger partial charge is 0.251 e. The molecule has 7 heteroatoms. The van der Waals surface area contributed by atoms with Crippen molar-refractivity contribution in [2.75, 3.05) is 39.2 Å². The highest BCUT2D eigenvalue weighted by Gasteiger charge is 2.32. The van der Waals surface area contributed by atoms with Crippen LogP contribution in [-0.2, 0) is 4.79 Å². The monoisotopic (exact) mass is 477 g/mol. The Bertz CT molecular complexity index is 1050. The first-order valence-electron chi connectivity index (χ1n) is 12.4. The van der Waals surface area contributed by atoms with Gasteiger partial charge in [-0.05, 0) is 92.7 Å². The number of hydrogen-bond donors (Lipinski definition) is 2. The first kappa shape index (κ1) is 24.8. The number of methoxy groups -OCH3 is 2. The maximum atomic E-state index is 12.7. The number of nitrogens with one attached hydrogen (secondary N) is 2. The first-order valence-corrected chi connectivity index (χ1v) is 12.4. The standard InChI is InChI=1S/C28H35N3O4/c1-34-25-14-8-20(18-26(25)35-2)9-15-27(32)30-23-12-10-21(11-13-23)28(33)29-19-22-6-5-17-31-16-4-3-7-24(22)31/h8-15,18,22,24H,3-7,16-17,19H2,1-2H3,(H,29,33)(H,30,32)/t22-,24-/m1/s1. The molecule has 2 fully saturated rings. The van der Waals surface area contributed by atoms with Crippen molar-refractivity contribution in [1.82, 2.24) is 10.2 Å². The van der Waals surface area contributed by atoms with E-state index < -0.39 is 0 Å². The van der Waals surface area contributed by atoms with E-state index in [1.165, 1.54) is 51.3 Å². The fraction of sp³-hybridized carbons (Fsp3) is 0.429. The van der Waals surface area contributed by atoms with Crippen LogP contribution in [0.2, 0.25) is 0 Å². The van der Waals surface area contributed by atoms with Crippen LogP contribution in [0.25, 0.3) is 6.08 Å². The molecular weight excluding hydrogens is 442 g/mol. The second-order valence-electron chi connectivity index (χ2n) is 9.23. The van der Waals surface area contributed by atoms with Crippen LogP contribution in [0.5, 0.6) is 11.5 Å². The van der Waals surface area contributed by atoms with Gasteiger partial charge >= 0.3 is 0 Å². The summed E-state index contributed by atoms with van der Waals surface area (Å²) >= 11 is 0. The van der Waals surface area contributed by atoms with E-state index in [0.29, 0.717) is 34.7 Å². The lowest BCUT2D eigenvalue weighted by molar-refractivity contribution is -0.111. The highest BCUT2D eigenvalue weighted by molar-refractivity contribution is 6.02. The maximum Gasteiger partial charge on any atom is 0.251 e. The average molecular weight is 478 g/mol. The number of carbonyl (C=O) groups is 2. The number of benzene rings is 2. The third-order valence-corrected chi connectivity index (χ3v) is 7.00. The van der Waals surface area contributed by atoms with E-state index in [0.717, 1.165) is 12.1 Å². The first-order chi connectivity index (χ1) is 17.1. The fourth-order valence-electron chi connectivity index (χ4n) is 5.16. The van der Waals surface area contributed by atoms with Gasteiger partial charge in [0, 0.05) is 29.9 Å². The third-order valence-electron chi connectivity index (χ3n) is 7.00. The molecule has 2 aliphatic rings. The molecule has 0 radical (unpaired) electrons. The molecule has 2 saturated heterocycles. The number of piperidine rings is 2. The van der Waals surface area contributed by atoms with Crippen molar-refractivity contribution in [2.24, 2.45) is 5.92 Å². The van der Waals surface area contributed by atoms with Crippen LogP contribution in [0.4, 0.5) is 5.69 Å². The van der Waals surface area contributed by atoms with Crippen molar-refractivity contribution in [3.05, 3.63) is 59.7 Å². The minimum atomic E-state index is -0.258. The van der Waals surface area contributed by atoms with E-state index in [9.17, 15) is 9.59 Å². The molecule has 0 aromatic heterocycles. The van der Waals surface area contributed by atoms with Crippen LogP contribution >= 0.6 is 0 Å². The maximum absolute atomic E-state index is 12.7. The number of rotatable bonds is 8.